The summed E-state index contributed by atoms with van der Waals surface area (Å²) in [5, 5.41) is 15.6. The number of nitrogens with one attached hydrogen (secondary N) is 4. The minimum atomic E-state index is -4.61. The Morgan fingerprint density at radius 2 is 2.00 bits per heavy atom. The minimum absolute atomic E-state index is 0.00623. The van der Waals surface area contributed by atoms with Gasteiger partial charge >= 0.3 is 6.18 Å². The maximum atomic E-state index is 13.8. The molecule has 186 valence electrons. The number of anilines is 1. The van der Waals surface area contributed by atoms with Crippen LogP contribution in [-0.2, 0) is 11.0 Å². The summed E-state index contributed by atoms with van der Waals surface area (Å²) in [6.07, 6.45) is -2.72. The van der Waals surface area contributed by atoms with Gasteiger partial charge in [0.25, 0.3) is 0 Å². The van der Waals surface area contributed by atoms with E-state index in [4.69, 9.17) is 0 Å². The van der Waals surface area contributed by atoms with Gasteiger partial charge in [-0.2, -0.15) is 17.7 Å². The van der Waals surface area contributed by atoms with Crippen molar-refractivity contribution in [2.75, 3.05) is 25.0 Å². The zero-order chi connectivity index (χ0) is 24.9. The average molecular weight is 490 g/mol. The molecule has 13 heteroatoms. The SMILES string of the molecule is CC1NN(C(C)C)C=C1c1nc2c3cccc(C(F)(F)F)c3nc(N[C@@H]3CNCCNC3=O)n2n1. The highest BCUT2D eigenvalue weighted by Gasteiger charge is 2.35. The van der Waals surface area contributed by atoms with Crippen molar-refractivity contribution < 1.29 is 18.0 Å². The lowest BCUT2D eigenvalue weighted by Gasteiger charge is -2.21. The smallest absolute Gasteiger partial charge is 0.353 e. The maximum Gasteiger partial charge on any atom is 0.418 e. The first-order valence-corrected chi connectivity index (χ1v) is 11.4. The number of alkyl halides is 3. The van der Waals surface area contributed by atoms with Gasteiger partial charge in [0.15, 0.2) is 11.5 Å². The van der Waals surface area contributed by atoms with Gasteiger partial charge in [0.05, 0.1) is 17.1 Å². The van der Waals surface area contributed by atoms with E-state index in [0.29, 0.717) is 18.9 Å². The number of nitrogens with zero attached hydrogens (tertiary/aromatic N) is 5. The van der Waals surface area contributed by atoms with Gasteiger partial charge < -0.3 is 21.0 Å². The zero-order valence-electron chi connectivity index (χ0n) is 19.4. The summed E-state index contributed by atoms with van der Waals surface area (Å²) in [6, 6.07) is 3.18. The number of hydrogen-bond donors (Lipinski definition) is 4. The molecule has 1 saturated heterocycles. The van der Waals surface area contributed by atoms with Crippen LogP contribution in [0.4, 0.5) is 19.1 Å². The molecule has 0 saturated carbocycles. The van der Waals surface area contributed by atoms with Crippen LogP contribution in [0.5, 0.6) is 0 Å². The van der Waals surface area contributed by atoms with E-state index in [9.17, 15) is 18.0 Å². The Bertz CT molecular complexity index is 1320. The topological polar surface area (TPSA) is 112 Å². The van der Waals surface area contributed by atoms with Crippen molar-refractivity contribution in [2.24, 2.45) is 0 Å². The molecule has 5 rings (SSSR count). The van der Waals surface area contributed by atoms with Gasteiger partial charge in [-0.15, -0.1) is 5.10 Å². The number of hydrazine groups is 1. The number of carbonyl (C=O) groups excluding carboxylic acids is 1. The Kier molecular flexibility index (Phi) is 5.75. The molecule has 1 aromatic carbocycles. The number of benzene rings is 1. The standard InChI is InChI=1S/C22H26F3N9O/c1-11(2)33-10-14(12(3)31-33)18-30-19-13-5-4-6-15(22(23,24)25)17(13)29-21(34(19)32-18)28-16-9-26-7-8-27-20(16)35/h4-6,10-12,16,26,31H,7-9H2,1-3H3,(H,27,35)(H,28,29)/t12?,16-/m1/s1. The molecule has 1 amide bonds. The van der Waals surface area contributed by atoms with Crippen molar-refractivity contribution >= 4 is 34.0 Å². The lowest BCUT2D eigenvalue weighted by Crippen LogP contribution is -2.42. The van der Waals surface area contributed by atoms with Gasteiger partial charge in [-0.05, 0) is 32.9 Å². The molecule has 1 unspecified atom stereocenters. The summed E-state index contributed by atoms with van der Waals surface area (Å²) in [4.78, 5) is 21.5. The van der Waals surface area contributed by atoms with Gasteiger partial charge in [-0.25, -0.2) is 15.4 Å². The second kappa shape index (κ2) is 8.64. The number of amides is 1. The molecular weight excluding hydrogens is 463 g/mol. The molecule has 10 nitrogen and oxygen atoms in total. The molecule has 35 heavy (non-hydrogen) atoms. The number of hydrogen-bond acceptors (Lipinski definition) is 8. The number of para-hydroxylation sites is 1. The number of halogens is 3. The highest BCUT2D eigenvalue weighted by molar-refractivity contribution is 5.95. The van der Waals surface area contributed by atoms with Crippen LogP contribution in [0.1, 0.15) is 32.2 Å². The summed E-state index contributed by atoms with van der Waals surface area (Å²) >= 11 is 0. The Hall–Kier alpha value is -3.45. The predicted octanol–water partition coefficient (Wildman–Crippen LogP) is 1.75. The molecule has 3 aromatic rings. The molecule has 2 aliphatic rings. The summed E-state index contributed by atoms with van der Waals surface area (Å²) in [5.41, 5.74) is 3.19. The minimum Gasteiger partial charge on any atom is -0.353 e. The summed E-state index contributed by atoms with van der Waals surface area (Å²) in [5.74, 6) is 0.0940. The first-order chi connectivity index (χ1) is 16.6. The van der Waals surface area contributed by atoms with Crippen molar-refractivity contribution in [1.29, 1.82) is 0 Å². The van der Waals surface area contributed by atoms with Crippen LogP contribution < -0.4 is 21.4 Å². The van der Waals surface area contributed by atoms with Gasteiger partial charge in [0.2, 0.25) is 11.9 Å². The van der Waals surface area contributed by atoms with Crippen LogP contribution in [0.2, 0.25) is 0 Å². The van der Waals surface area contributed by atoms with Crippen LogP contribution in [0.25, 0.3) is 22.1 Å². The first kappa shape index (κ1) is 23.3. The van der Waals surface area contributed by atoms with Crippen molar-refractivity contribution in [3.8, 4) is 0 Å². The number of rotatable bonds is 4. The van der Waals surface area contributed by atoms with Gasteiger partial charge in [-0.1, -0.05) is 6.07 Å². The fourth-order valence-electron chi connectivity index (χ4n) is 4.23. The van der Waals surface area contributed by atoms with Crippen LogP contribution in [0, 0.1) is 0 Å². The molecule has 4 heterocycles. The molecule has 4 N–H and O–H groups in total. The van der Waals surface area contributed by atoms with E-state index in [0.717, 1.165) is 11.6 Å². The second-order valence-electron chi connectivity index (χ2n) is 8.93. The van der Waals surface area contributed by atoms with Crippen LogP contribution in [-0.4, -0.2) is 68.3 Å². The van der Waals surface area contributed by atoms with Crippen LogP contribution in [0.3, 0.4) is 0 Å². The van der Waals surface area contributed by atoms with E-state index in [1.54, 1.807) is 6.07 Å². The molecule has 2 atom stereocenters. The molecule has 2 aliphatic heterocycles. The third-order valence-corrected chi connectivity index (χ3v) is 6.08. The van der Waals surface area contributed by atoms with E-state index in [2.05, 4.69) is 36.4 Å². The van der Waals surface area contributed by atoms with E-state index in [1.807, 2.05) is 32.0 Å². The summed E-state index contributed by atoms with van der Waals surface area (Å²) < 4.78 is 42.9. The van der Waals surface area contributed by atoms with E-state index in [1.165, 1.54) is 10.6 Å². The summed E-state index contributed by atoms with van der Waals surface area (Å²) in [7, 11) is 0. The summed E-state index contributed by atoms with van der Waals surface area (Å²) in [6.45, 7) is 7.33. The zero-order valence-corrected chi connectivity index (χ0v) is 19.4. The fraction of sp³-hybridized carbons (Fsp3) is 0.455. The lowest BCUT2D eigenvalue weighted by atomic mass is 10.1. The predicted molar refractivity (Wildman–Crippen MR) is 124 cm³/mol. The average Bonchev–Trinajstić information content (AvgIpc) is 3.35. The Balaban J connectivity index is 1.70. The highest BCUT2D eigenvalue weighted by Crippen LogP contribution is 2.36. The molecule has 2 aromatic heterocycles. The normalized spacial score (nSPS) is 21.5. The van der Waals surface area contributed by atoms with Crippen molar-refractivity contribution in [2.45, 2.75) is 45.1 Å². The van der Waals surface area contributed by atoms with E-state index < -0.39 is 17.8 Å². The molecule has 0 spiro atoms. The van der Waals surface area contributed by atoms with Crippen molar-refractivity contribution in [3.05, 3.63) is 35.8 Å². The number of aromatic nitrogens is 4. The second-order valence-corrected chi connectivity index (χ2v) is 8.93. The molecular formula is C22H26F3N9O. The van der Waals surface area contributed by atoms with Crippen LogP contribution >= 0.6 is 0 Å². The Labute approximate surface area is 198 Å². The number of carbonyl (C=O) groups is 1. The largest absolute Gasteiger partial charge is 0.418 e. The maximum absolute atomic E-state index is 13.8. The fourth-order valence-corrected chi connectivity index (χ4v) is 4.23. The van der Waals surface area contributed by atoms with E-state index >= 15 is 0 Å². The third-order valence-electron chi connectivity index (χ3n) is 6.08. The van der Waals surface area contributed by atoms with Crippen LogP contribution in [0.15, 0.2) is 24.4 Å². The quantitative estimate of drug-likeness (QED) is 0.439. The Morgan fingerprint density at radius 1 is 1.20 bits per heavy atom. The molecule has 0 radical (unpaired) electrons. The van der Waals surface area contributed by atoms with Gasteiger partial charge in [-0.3, -0.25) is 4.79 Å². The molecule has 0 aliphatic carbocycles. The molecule has 1 fully saturated rings. The van der Waals surface area contributed by atoms with Gasteiger partial charge in [0, 0.05) is 42.8 Å². The van der Waals surface area contributed by atoms with Crippen molar-refractivity contribution in [3.63, 3.8) is 0 Å². The molecule has 0 bridgehead atoms. The third kappa shape index (κ3) is 4.25. The highest BCUT2D eigenvalue weighted by atomic mass is 19.4. The van der Waals surface area contributed by atoms with Crippen molar-refractivity contribution in [1.82, 2.24) is 40.7 Å². The number of fused-ring (bicyclic) bond motifs is 3. The van der Waals surface area contributed by atoms with E-state index in [-0.39, 0.29) is 47.0 Å². The first-order valence-electron chi connectivity index (χ1n) is 11.4. The monoisotopic (exact) mass is 489 g/mol. The Morgan fingerprint density at radius 3 is 2.71 bits per heavy atom. The van der Waals surface area contributed by atoms with Gasteiger partial charge in [0.1, 0.15) is 6.04 Å². The lowest BCUT2D eigenvalue weighted by molar-refractivity contribution is -0.136.